The minimum Gasteiger partial charge on any atom is -0.352 e. The number of hydrogen-bond acceptors (Lipinski definition) is 4. The van der Waals surface area contributed by atoms with Gasteiger partial charge in [-0.25, -0.2) is 4.98 Å². The van der Waals surface area contributed by atoms with Crippen molar-refractivity contribution in [1.29, 1.82) is 0 Å². The van der Waals surface area contributed by atoms with Crippen molar-refractivity contribution >= 4 is 29.3 Å². The van der Waals surface area contributed by atoms with E-state index >= 15 is 0 Å². The highest BCUT2D eigenvalue weighted by Gasteiger charge is 2.22. The highest BCUT2D eigenvalue weighted by atomic mass is 35.5. The number of rotatable bonds is 5. The number of aromatic amines is 1. The lowest BCUT2D eigenvalue weighted by Crippen LogP contribution is -2.41. The molecule has 1 aliphatic carbocycles. The number of aromatic nitrogens is 3. The van der Waals surface area contributed by atoms with Gasteiger partial charge in [0.05, 0.1) is 5.75 Å². The van der Waals surface area contributed by atoms with Crippen LogP contribution in [-0.4, -0.2) is 32.9 Å². The molecule has 5 nitrogen and oxygen atoms in total. The van der Waals surface area contributed by atoms with Crippen LogP contribution in [0.1, 0.15) is 32.6 Å². The first-order valence-corrected chi connectivity index (χ1v) is 9.58. The highest BCUT2D eigenvalue weighted by molar-refractivity contribution is 7.99. The summed E-state index contributed by atoms with van der Waals surface area (Å²) in [5.74, 6) is 1.63. The molecule has 1 saturated carbocycles. The molecule has 1 heterocycles. The van der Waals surface area contributed by atoms with E-state index < -0.39 is 0 Å². The van der Waals surface area contributed by atoms with Gasteiger partial charge < -0.3 is 5.32 Å². The van der Waals surface area contributed by atoms with Crippen molar-refractivity contribution in [2.75, 3.05) is 5.75 Å². The van der Waals surface area contributed by atoms with Crippen LogP contribution in [0.5, 0.6) is 0 Å². The predicted molar refractivity (Wildman–Crippen MR) is 97.1 cm³/mol. The van der Waals surface area contributed by atoms with E-state index in [1.54, 1.807) is 0 Å². The topological polar surface area (TPSA) is 70.7 Å². The smallest absolute Gasteiger partial charge is 0.230 e. The summed E-state index contributed by atoms with van der Waals surface area (Å²) in [6.07, 6.45) is 4.75. The first-order valence-electron chi connectivity index (χ1n) is 8.22. The van der Waals surface area contributed by atoms with Gasteiger partial charge in [0, 0.05) is 16.6 Å². The molecule has 0 saturated heterocycles. The van der Waals surface area contributed by atoms with Crippen LogP contribution in [0.3, 0.4) is 0 Å². The Morgan fingerprint density at radius 3 is 2.83 bits per heavy atom. The number of hydrogen-bond donors (Lipinski definition) is 2. The summed E-state index contributed by atoms with van der Waals surface area (Å²) in [6.45, 7) is 2.21. The summed E-state index contributed by atoms with van der Waals surface area (Å²) in [5, 5.41) is 11.5. The lowest BCUT2D eigenvalue weighted by Gasteiger charge is -2.29. The highest BCUT2D eigenvalue weighted by Crippen LogP contribution is 2.24. The van der Waals surface area contributed by atoms with Gasteiger partial charge in [0.15, 0.2) is 5.82 Å². The monoisotopic (exact) mass is 364 g/mol. The summed E-state index contributed by atoms with van der Waals surface area (Å²) in [6, 6.07) is 7.70. The maximum Gasteiger partial charge on any atom is 0.230 e. The molecule has 7 heteroatoms. The summed E-state index contributed by atoms with van der Waals surface area (Å²) in [5.41, 5.74) is 0.916. The molecule has 0 bridgehead atoms. The Bertz CT molecular complexity index is 688. The molecule has 1 amide bonds. The zero-order valence-electron chi connectivity index (χ0n) is 13.6. The maximum absolute atomic E-state index is 12.1. The van der Waals surface area contributed by atoms with Gasteiger partial charge in [-0.05, 0) is 43.0 Å². The number of carbonyl (C=O) groups excluding carboxylic acids is 1. The number of halogens is 1. The number of nitrogens with one attached hydrogen (secondary N) is 2. The van der Waals surface area contributed by atoms with Crippen molar-refractivity contribution in [3.05, 3.63) is 29.3 Å². The molecule has 0 spiro atoms. The molecule has 0 aliphatic heterocycles. The second kappa shape index (κ2) is 8.03. The molecule has 2 N–H and O–H groups in total. The first kappa shape index (κ1) is 17.3. The van der Waals surface area contributed by atoms with Crippen molar-refractivity contribution in [1.82, 2.24) is 20.5 Å². The van der Waals surface area contributed by atoms with Crippen molar-refractivity contribution < 1.29 is 4.79 Å². The van der Waals surface area contributed by atoms with Gasteiger partial charge in [0.2, 0.25) is 11.1 Å². The van der Waals surface area contributed by atoms with Gasteiger partial charge in [-0.2, -0.15) is 0 Å². The zero-order valence-corrected chi connectivity index (χ0v) is 15.2. The van der Waals surface area contributed by atoms with Crippen LogP contribution in [0.4, 0.5) is 0 Å². The van der Waals surface area contributed by atoms with Crippen molar-refractivity contribution in [2.45, 2.75) is 43.8 Å². The third-order valence-electron chi connectivity index (χ3n) is 4.37. The zero-order chi connectivity index (χ0) is 16.9. The Kier molecular flexibility index (Phi) is 5.79. The van der Waals surface area contributed by atoms with Gasteiger partial charge in [-0.1, -0.05) is 43.1 Å². The molecule has 2 aromatic rings. The standard InChI is InChI=1S/C17H21ClN4OS/c1-11-4-2-3-5-14(11)19-15(23)10-24-17-20-16(21-22-17)12-6-8-13(18)9-7-12/h6-9,11,14H,2-5,10H2,1H3,(H,19,23)(H,20,21,22)/t11-,14+/m1/s1. The van der Waals surface area contributed by atoms with Crippen LogP contribution in [0.15, 0.2) is 29.4 Å². The molecule has 1 fully saturated rings. The molecule has 0 radical (unpaired) electrons. The molecule has 1 aromatic carbocycles. The second-order valence-corrected chi connectivity index (χ2v) is 7.58. The molecular weight excluding hydrogens is 344 g/mol. The Morgan fingerprint density at radius 1 is 1.33 bits per heavy atom. The Balaban J connectivity index is 1.51. The van der Waals surface area contributed by atoms with Crippen LogP contribution >= 0.6 is 23.4 Å². The Hall–Kier alpha value is -1.53. The quantitative estimate of drug-likeness (QED) is 0.789. The third-order valence-corrected chi connectivity index (χ3v) is 5.47. The van der Waals surface area contributed by atoms with Gasteiger partial charge in [0.25, 0.3) is 0 Å². The molecule has 2 atom stereocenters. The molecule has 3 rings (SSSR count). The van der Waals surface area contributed by atoms with E-state index in [1.165, 1.54) is 31.0 Å². The predicted octanol–water partition coefficient (Wildman–Crippen LogP) is 3.91. The SMILES string of the molecule is C[C@@H]1CCCC[C@@H]1NC(=O)CSc1n[nH]c(-c2ccc(Cl)cc2)n1. The van der Waals surface area contributed by atoms with Crippen LogP contribution < -0.4 is 5.32 Å². The number of nitrogens with zero attached hydrogens (tertiary/aromatic N) is 2. The second-order valence-electron chi connectivity index (χ2n) is 6.20. The maximum atomic E-state index is 12.1. The molecule has 1 aliphatic rings. The third kappa shape index (κ3) is 4.51. The van der Waals surface area contributed by atoms with Crippen LogP contribution in [0.2, 0.25) is 5.02 Å². The average Bonchev–Trinajstić information content (AvgIpc) is 3.05. The van der Waals surface area contributed by atoms with E-state index in [2.05, 4.69) is 27.4 Å². The van der Waals surface area contributed by atoms with Crippen molar-refractivity contribution in [3.8, 4) is 11.4 Å². The lowest BCUT2D eigenvalue weighted by molar-refractivity contribution is -0.119. The molecule has 1 aromatic heterocycles. The summed E-state index contributed by atoms with van der Waals surface area (Å²) in [4.78, 5) is 16.5. The fraction of sp³-hybridized carbons (Fsp3) is 0.471. The van der Waals surface area contributed by atoms with Crippen LogP contribution in [0.25, 0.3) is 11.4 Å². The number of amides is 1. The summed E-state index contributed by atoms with van der Waals surface area (Å²) >= 11 is 7.23. The minimum absolute atomic E-state index is 0.0524. The van der Waals surface area contributed by atoms with E-state index in [0.29, 0.717) is 33.7 Å². The first-order chi connectivity index (χ1) is 11.6. The van der Waals surface area contributed by atoms with E-state index in [1.807, 2.05) is 24.3 Å². The normalized spacial score (nSPS) is 20.8. The number of benzene rings is 1. The van der Waals surface area contributed by atoms with E-state index in [0.717, 1.165) is 12.0 Å². The Labute approximate surface area is 151 Å². The minimum atomic E-state index is 0.0524. The van der Waals surface area contributed by atoms with E-state index in [4.69, 9.17) is 11.6 Å². The van der Waals surface area contributed by atoms with Crippen molar-refractivity contribution in [2.24, 2.45) is 5.92 Å². The number of thioether (sulfide) groups is 1. The summed E-state index contributed by atoms with van der Waals surface area (Å²) in [7, 11) is 0. The molecule has 24 heavy (non-hydrogen) atoms. The summed E-state index contributed by atoms with van der Waals surface area (Å²) < 4.78 is 0. The van der Waals surface area contributed by atoms with Crippen LogP contribution in [-0.2, 0) is 4.79 Å². The Morgan fingerprint density at radius 2 is 2.08 bits per heavy atom. The molecule has 0 unspecified atom stereocenters. The average molecular weight is 365 g/mol. The molecule has 128 valence electrons. The van der Waals surface area contributed by atoms with Gasteiger partial charge in [0.1, 0.15) is 0 Å². The van der Waals surface area contributed by atoms with Gasteiger partial charge in [-0.3, -0.25) is 9.89 Å². The van der Waals surface area contributed by atoms with Gasteiger partial charge >= 0.3 is 0 Å². The fourth-order valence-electron chi connectivity index (χ4n) is 2.96. The number of carbonyl (C=O) groups is 1. The lowest BCUT2D eigenvalue weighted by atomic mass is 9.86. The van der Waals surface area contributed by atoms with E-state index in [9.17, 15) is 4.79 Å². The fourth-order valence-corrected chi connectivity index (χ4v) is 3.69. The van der Waals surface area contributed by atoms with Gasteiger partial charge in [-0.15, -0.1) is 5.10 Å². The van der Waals surface area contributed by atoms with Crippen LogP contribution in [0, 0.1) is 5.92 Å². The molecular formula is C17H21ClN4OS. The van der Waals surface area contributed by atoms with Crippen molar-refractivity contribution in [3.63, 3.8) is 0 Å². The number of H-pyrrole nitrogens is 1. The van der Waals surface area contributed by atoms with E-state index in [-0.39, 0.29) is 5.91 Å². The largest absolute Gasteiger partial charge is 0.352 e.